The molecule has 0 bridgehead atoms. The van der Waals surface area contributed by atoms with Crippen LogP contribution in [0.15, 0.2) is 36.4 Å². The van der Waals surface area contributed by atoms with Gasteiger partial charge in [0.25, 0.3) is 0 Å². The highest BCUT2D eigenvalue weighted by atomic mass is 16.4. The lowest BCUT2D eigenvalue weighted by atomic mass is 9.80. The first kappa shape index (κ1) is 15.5. The zero-order valence-electron chi connectivity index (χ0n) is 13.0. The lowest BCUT2D eigenvalue weighted by molar-refractivity contribution is 0.425. The summed E-state index contributed by atoms with van der Waals surface area (Å²) >= 11 is 0. The molecule has 0 spiro atoms. The van der Waals surface area contributed by atoms with Crippen LogP contribution in [0.5, 0.6) is 5.88 Å². The molecule has 0 saturated heterocycles. The third-order valence-electron chi connectivity index (χ3n) is 3.76. The number of fused-ring (bicyclic) bond motifs is 1. The summed E-state index contributed by atoms with van der Waals surface area (Å²) in [6.07, 6.45) is 0. The third-order valence-corrected chi connectivity index (χ3v) is 3.76. The minimum atomic E-state index is -1.46. The number of aromatic hydroxyl groups is 1. The molecular formula is C16H18BN3O3. The molecule has 3 rings (SSSR count). The lowest BCUT2D eigenvalue weighted by Gasteiger charge is -2.12. The molecule has 2 heterocycles. The van der Waals surface area contributed by atoms with E-state index >= 15 is 0 Å². The number of imidazole rings is 1. The highest BCUT2D eigenvalue weighted by molar-refractivity contribution is 6.58. The molecule has 0 aliphatic carbocycles. The summed E-state index contributed by atoms with van der Waals surface area (Å²) in [6.45, 7) is 4.71. The molecule has 0 amide bonds. The van der Waals surface area contributed by atoms with Gasteiger partial charge in [-0.25, -0.2) is 4.98 Å². The first-order chi connectivity index (χ1) is 11.0. The van der Waals surface area contributed by atoms with Gasteiger partial charge in [0.05, 0.1) is 5.52 Å². The Kier molecular flexibility index (Phi) is 4.06. The molecule has 2 aromatic heterocycles. The Bertz CT molecular complexity index is 828. The normalized spacial score (nSPS) is 11.3. The maximum absolute atomic E-state index is 9.53. The van der Waals surface area contributed by atoms with Gasteiger partial charge in [-0.15, -0.1) is 0 Å². The average molecular weight is 311 g/mol. The Morgan fingerprint density at radius 1 is 1.04 bits per heavy atom. The monoisotopic (exact) mass is 311 g/mol. The Balaban J connectivity index is 2.02. The van der Waals surface area contributed by atoms with E-state index in [1.54, 1.807) is 18.2 Å². The quantitative estimate of drug-likeness (QED) is 0.625. The van der Waals surface area contributed by atoms with Crippen molar-refractivity contribution >= 4 is 23.7 Å². The van der Waals surface area contributed by atoms with Gasteiger partial charge in [-0.2, -0.15) is 4.98 Å². The van der Waals surface area contributed by atoms with Gasteiger partial charge in [-0.3, -0.25) is 0 Å². The topological polar surface area (TPSA) is 91.4 Å². The molecule has 1 aromatic carbocycles. The van der Waals surface area contributed by atoms with Crippen molar-refractivity contribution < 1.29 is 15.2 Å². The van der Waals surface area contributed by atoms with Crippen LogP contribution in [0.2, 0.25) is 0 Å². The van der Waals surface area contributed by atoms with E-state index in [0.29, 0.717) is 17.7 Å². The van der Waals surface area contributed by atoms with E-state index in [-0.39, 0.29) is 11.8 Å². The first-order valence-electron chi connectivity index (χ1n) is 7.47. The Labute approximate surface area is 134 Å². The van der Waals surface area contributed by atoms with Crippen molar-refractivity contribution in [3.63, 3.8) is 0 Å². The summed E-state index contributed by atoms with van der Waals surface area (Å²) in [5.41, 5.74) is 2.86. The molecule has 6 nitrogen and oxygen atoms in total. The maximum atomic E-state index is 9.53. The smallest absolute Gasteiger partial charge is 0.488 e. The minimum absolute atomic E-state index is 0.0428. The Morgan fingerprint density at radius 2 is 1.74 bits per heavy atom. The van der Waals surface area contributed by atoms with Gasteiger partial charge in [0.2, 0.25) is 5.88 Å². The standard InChI is InChI=1S/C16H18BN3O3/c1-10(2)16-19-15-13(7-8-14(21)18-15)20(16)9-11-3-5-12(6-4-11)17(22)23/h3-8,10,22-23H,9H2,1-2H3,(H,18,21). The zero-order valence-corrected chi connectivity index (χ0v) is 13.0. The van der Waals surface area contributed by atoms with Gasteiger partial charge >= 0.3 is 7.12 Å². The van der Waals surface area contributed by atoms with Crippen molar-refractivity contribution in [1.29, 1.82) is 0 Å². The average Bonchev–Trinajstić information content (AvgIpc) is 2.86. The second-order valence-corrected chi connectivity index (χ2v) is 5.84. The van der Waals surface area contributed by atoms with Crippen molar-refractivity contribution in [1.82, 2.24) is 14.5 Å². The van der Waals surface area contributed by atoms with Crippen molar-refractivity contribution in [2.45, 2.75) is 26.3 Å². The van der Waals surface area contributed by atoms with Gasteiger partial charge < -0.3 is 19.7 Å². The van der Waals surface area contributed by atoms with Crippen LogP contribution in [-0.4, -0.2) is 36.8 Å². The fourth-order valence-corrected chi connectivity index (χ4v) is 2.60. The van der Waals surface area contributed by atoms with E-state index in [2.05, 4.69) is 28.4 Å². The number of benzene rings is 1. The van der Waals surface area contributed by atoms with Crippen LogP contribution in [0, 0.1) is 0 Å². The van der Waals surface area contributed by atoms with E-state index in [9.17, 15) is 5.11 Å². The molecular weight excluding hydrogens is 293 g/mol. The van der Waals surface area contributed by atoms with Crippen LogP contribution in [0.1, 0.15) is 31.2 Å². The molecule has 0 atom stereocenters. The second kappa shape index (κ2) is 6.02. The van der Waals surface area contributed by atoms with Crippen LogP contribution >= 0.6 is 0 Å². The number of pyridine rings is 1. The maximum Gasteiger partial charge on any atom is 0.488 e. The van der Waals surface area contributed by atoms with Crippen molar-refractivity contribution in [2.24, 2.45) is 0 Å². The number of hydrogen-bond donors (Lipinski definition) is 3. The molecule has 0 fully saturated rings. The van der Waals surface area contributed by atoms with E-state index in [1.165, 1.54) is 0 Å². The summed E-state index contributed by atoms with van der Waals surface area (Å²) in [4.78, 5) is 8.60. The number of aromatic nitrogens is 3. The largest absolute Gasteiger partial charge is 0.493 e. The van der Waals surface area contributed by atoms with Crippen LogP contribution in [0.4, 0.5) is 0 Å². The Hall–Kier alpha value is -2.38. The van der Waals surface area contributed by atoms with E-state index < -0.39 is 7.12 Å². The number of nitrogens with zero attached hydrogens (tertiary/aromatic N) is 3. The molecule has 0 aliphatic rings. The summed E-state index contributed by atoms with van der Waals surface area (Å²) in [7, 11) is -1.46. The molecule has 7 heteroatoms. The predicted molar refractivity (Wildman–Crippen MR) is 88.7 cm³/mol. The van der Waals surface area contributed by atoms with Crippen molar-refractivity contribution in [3.8, 4) is 5.88 Å². The molecule has 3 N–H and O–H groups in total. The molecule has 0 radical (unpaired) electrons. The summed E-state index contributed by atoms with van der Waals surface area (Å²) in [6, 6.07) is 10.5. The van der Waals surface area contributed by atoms with Gasteiger partial charge in [-0.05, 0) is 17.1 Å². The first-order valence-corrected chi connectivity index (χ1v) is 7.47. The number of hydrogen-bond acceptors (Lipinski definition) is 5. The molecule has 0 aliphatic heterocycles. The Morgan fingerprint density at radius 3 is 2.35 bits per heavy atom. The van der Waals surface area contributed by atoms with Crippen molar-refractivity contribution in [2.75, 3.05) is 0 Å². The molecule has 23 heavy (non-hydrogen) atoms. The second-order valence-electron chi connectivity index (χ2n) is 5.84. The predicted octanol–water partition coefficient (Wildman–Crippen LogP) is 0.988. The van der Waals surface area contributed by atoms with Crippen LogP contribution in [-0.2, 0) is 6.54 Å². The SMILES string of the molecule is CC(C)c1nc2nc(O)ccc2n1Cc1ccc(B(O)O)cc1. The van der Waals surface area contributed by atoms with Crippen molar-refractivity contribution in [3.05, 3.63) is 47.8 Å². The van der Waals surface area contributed by atoms with Gasteiger partial charge in [0.1, 0.15) is 5.82 Å². The highest BCUT2D eigenvalue weighted by Crippen LogP contribution is 2.23. The lowest BCUT2D eigenvalue weighted by Crippen LogP contribution is -2.29. The van der Waals surface area contributed by atoms with E-state index in [4.69, 9.17) is 10.0 Å². The summed E-state index contributed by atoms with van der Waals surface area (Å²) in [5.74, 6) is 1.06. The fourth-order valence-electron chi connectivity index (χ4n) is 2.60. The fraction of sp³-hybridized carbons (Fsp3) is 0.250. The van der Waals surface area contributed by atoms with E-state index in [1.807, 2.05) is 18.2 Å². The summed E-state index contributed by atoms with van der Waals surface area (Å²) < 4.78 is 2.07. The van der Waals surface area contributed by atoms with Gasteiger partial charge in [-0.1, -0.05) is 38.1 Å². The van der Waals surface area contributed by atoms with Gasteiger partial charge in [0.15, 0.2) is 5.65 Å². The molecule has 0 saturated carbocycles. The van der Waals surface area contributed by atoms with Gasteiger partial charge in [0, 0.05) is 18.5 Å². The zero-order chi connectivity index (χ0) is 16.6. The summed E-state index contributed by atoms with van der Waals surface area (Å²) in [5, 5.41) is 27.9. The van der Waals surface area contributed by atoms with Crippen LogP contribution in [0.3, 0.4) is 0 Å². The molecule has 3 aromatic rings. The van der Waals surface area contributed by atoms with Crippen LogP contribution < -0.4 is 5.46 Å². The third kappa shape index (κ3) is 3.06. The molecule has 118 valence electrons. The van der Waals surface area contributed by atoms with E-state index in [0.717, 1.165) is 16.9 Å². The molecule has 0 unspecified atom stereocenters. The number of rotatable bonds is 4. The highest BCUT2D eigenvalue weighted by Gasteiger charge is 2.16. The van der Waals surface area contributed by atoms with Crippen LogP contribution in [0.25, 0.3) is 11.2 Å². The minimum Gasteiger partial charge on any atom is -0.493 e.